The van der Waals surface area contributed by atoms with Gasteiger partial charge in [-0.15, -0.1) is 12.4 Å². The molecule has 1 unspecified atom stereocenters. The molecule has 1 fully saturated rings. The average molecular weight is 380 g/mol. The first kappa shape index (κ1) is 21.2. The van der Waals surface area contributed by atoms with E-state index in [2.05, 4.69) is 10.6 Å². The molecule has 140 valence electrons. The van der Waals surface area contributed by atoms with Crippen molar-refractivity contribution in [1.29, 1.82) is 0 Å². The van der Waals surface area contributed by atoms with Gasteiger partial charge in [0, 0.05) is 19.5 Å². The van der Waals surface area contributed by atoms with E-state index < -0.39 is 36.7 Å². The lowest BCUT2D eigenvalue weighted by Crippen LogP contribution is -2.47. The quantitative estimate of drug-likeness (QED) is 0.791. The van der Waals surface area contributed by atoms with Crippen LogP contribution in [0.25, 0.3) is 0 Å². The normalized spacial score (nSPS) is 18.3. The van der Waals surface area contributed by atoms with E-state index >= 15 is 0 Å². The molecule has 5 nitrogen and oxygen atoms in total. The standard InChI is InChI=1S/C16H20F3N3O2.ClH/c1-2-22(15(24)13-7-16(18,19)10-21-13)9-14(23)20-8-11-3-5-12(17)6-4-11;/h3-6,13,21H,2,7-10H2,1H3,(H,20,23);1H. The van der Waals surface area contributed by atoms with Crippen molar-refractivity contribution >= 4 is 24.2 Å². The number of amides is 2. The van der Waals surface area contributed by atoms with Crippen LogP contribution in [0.3, 0.4) is 0 Å². The highest BCUT2D eigenvalue weighted by Gasteiger charge is 2.43. The second kappa shape index (κ2) is 9.05. The van der Waals surface area contributed by atoms with Crippen molar-refractivity contribution in [2.45, 2.75) is 31.9 Å². The smallest absolute Gasteiger partial charge is 0.262 e. The van der Waals surface area contributed by atoms with Crippen LogP contribution in [0.2, 0.25) is 0 Å². The molecular formula is C16H21ClF3N3O2. The monoisotopic (exact) mass is 379 g/mol. The lowest BCUT2D eigenvalue weighted by atomic mass is 10.1. The van der Waals surface area contributed by atoms with Gasteiger partial charge in [0.15, 0.2) is 0 Å². The molecule has 0 bridgehead atoms. The van der Waals surface area contributed by atoms with Crippen LogP contribution in [-0.2, 0) is 16.1 Å². The Kier molecular flexibility index (Phi) is 7.69. The predicted molar refractivity (Wildman–Crippen MR) is 89.1 cm³/mol. The van der Waals surface area contributed by atoms with Crippen molar-refractivity contribution in [3.63, 3.8) is 0 Å². The molecule has 0 saturated carbocycles. The second-order valence-electron chi connectivity index (χ2n) is 5.75. The van der Waals surface area contributed by atoms with E-state index in [9.17, 15) is 22.8 Å². The van der Waals surface area contributed by atoms with Gasteiger partial charge in [-0.2, -0.15) is 0 Å². The van der Waals surface area contributed by atoms with Gasteiger partial charge in [-0.05, 0) is 24.6 Å². The molecule has 1 aliphatic rings. The maximum Gasteiger partial charge on any atom is 0.262 e. The van der Waals surface area contributed by atoms with Crippen molar-refractivity contribution < 1.29 is 22.8 Å². The first-order chi connectivity index (χ1) is 11.3. The van der Waals surface area contributed by atoms with Crippen LogP contribution in [0.4, 0.5) is 13.2 Å². The summed E-state index contributed by atoms with van der Waals surface area (Å²) < 4.78 is 39.2. The van der Waals surface area contributed by atoms with E-state index in [1.807, 2.05) is 0 Å². The van der Waals surface area contributed by atoms with Crippen LogP contribution in [0.15, 0.2) is 24.3 Å². The molecule has 25 heavy (non-hydrogen) atoms. The highest BCUT2D eigenvalue weighted by molar-refractivity contribution is 5.87. The molecule has 0 aromatic heterocycles. The number of alkyl halides is 2. The molecule has 0 spiro atoms. The summed E-state index contributed by atoms with van der Waals surface area (Å²) in [4.78, 5) is 25.4. The van der Waals surface area contributed by atoms with Crippen molar-refractivity contribution in [3.05, 3.63) is 35.6 Å². The summed E-state index contributed by atoms with van der Waals surface area (Å²) in [6, 6.07) is 4.70. The van der Waals surface area contributed by atoms with Crippen molar-refractivity contribution in [2.24, 2.45) is 0 Å². The first-order valence-corrected chi connectivity index (χ1v) is 7.72. The first-order valence-electron chi connectivity index (χ1n) is 7.72. The molecule has 1 aliphatic heterocycles. The molecule has 2 N–H and O–H groups in total. The van der Waals surface area contributed by atoms with E-state index in [1.54, 1.807) is 19.1 Å². The van der Waals surface area contributed by atoms with Gasteiger partial charge in [0.2, 0.25) is 11.8 Å². The van der Waals surface area contributed by atoms with Crippen LogP contribution in [0, 0.1) is 5.82 Å². The summed E-state index contributed by atoms with van der Waals surface area (Å²) in [5.74, 6) is -4.18. The molecule has 2 amide bonds. The number of halogens is 4. The fourth-order valence-electron chi connectivity index (χ4n) is 2.49. The Morgan fingerprint density at radius 2 is 1.96 bits per heavy atom. The Morgan fingerprint density at radius 1 is 1.32 bits per heavy atom. The third kappa shape index (κ3) is 6.21. The topological polar surface area (TPSA) is 61.4 Å². The number of rotatable bonds is 6. The SMILES string of the molecule is CCN(CC(=O)NCc1ccc(F)cc1)C(=O)C1CC(F)(F)CN1.Cl. The minimum Gasteiger partial charge on any atom is -0.350 e. The van der Waals surface area contributed by atoms with Crippen LogP contribution >= 0.6 is 12.4 Å². The van der Waals surface area contributed by atoms with E-state index in [-0.39, 0.29) is 37.9 Å². The summed E-state index contributed by atoms with van der Waals surface area (Å²) in [5, 5.41) is 5.11. The number of hydrogen-bond acceptors (Lipinski definition) is 3. The Balaban J connectivity index is 0.00000312. The maximum absolute atomic E-state index is 13.2. The number of nitrogens with one attached hydrogen (secondary N) is 2. The Labute approximate surface area is 150 Å². The molecule has 0 radical (unpaired) electrons. The van der Waals surface area contributed by atoms with Gasteiger partial charge in [-0.25, -0.2) is 13.2 Å². The van der Waals surface area contributed by atoms with E-state index in [4.69, 9.17) is 0 Å². The van der Waals surface area contributed by atoms with Crippen LogP contribution in [-0.4, -0.2) is 48.3 Å². The summed E-state index contributed by atoms with van der Waals surface area (Å²) >= 11 is 0. The van der Waals surface area contributed by atoms with Gasteiger partial charge < -0.3 is 10.2 Å². The Hall–Kier alpha value is -1.80. The molecule has 2 rings (SSSR count). The fraction of sp³-hybridized carbons (Fsp3) is 0.500. The molecule has 1 heterocycles. The summed E-state index contributed by atoms with van der Waals surface area (Å²) in [7, 11) is 0. The summed E-state index contributed by atoms with van der Waals surface area (Å²) in [6.07, 6.45) is -0.556. The molecule has 0 aliphatic carbocycles. The number of likely N-dealkylation sites (N-methyl/N-ethyl adjacent to an activating group) is 1. The van der Waals surface area contributed by atoms with Crippen LogP contribution in [0.1, 0.15) is 18.9 Å². The third-order valence-corrected chi connectivity index (χ3v) is 3.84. The fourth-order valence-corrected chi connectivity index (χ4v) is 2.49. The summed E-state index contributed by atoms with van der Waals surface area (Å²) in [5.41, 5.74) is 0.719. The van der Waals surface area contributed by atoms with Gasteiger partial charge in [0.1, 0.15) is 5.82 Å². The van der Waals surface area contributed by atoms with Gasteiger partial charge in [-0.3, -0.25) is 14.9 Å². The van der Waals surface area contributed by atoms with Crippen molar-refractivity contribution in [1.82, 2.24) is 15.5 Å². The van der Waals surface area contributed by atoms with E-state index in [0.717, 1.165) is 5.56 Å². The highest BCUT2D eigenvalue weighted by atomic mass is 35.5. The molecule has 1 saturated heterocycles. The minimum absolute atomic E-state index is 0. The molecule has 1 atom stereocenters. The van der Waals surface area contributed by atoms with Crippen molar-refractivity contribution in [2.75, 3.05) is 19.6 Å². The number of nitrogens with zero attached hydrogens (tertiary/aromatic N) is 1. The third-order valence-electron chi connectivity index (χ3n) is 3.84. The van der Waals surface area contributed by atoms with Crippen LogP contribution < -0.4 is 10.6 Å². The van der Waals surface area contributed by atoms with E-state index in [1.165, 1.54) is 17.0 Å². The molecule has 1 aromatic rings. The number of hydrogen-bond donors (Lipinski definition) is 2. The zero-order chi connectivity index (χ0) is 17.7. The highest BCUT2D eigenvalue weighted by Crippen LogP contribution is 2.25. The largest absolute Gasteiger partial charge is 0.350 e. The van der Waals surface area contributed by atoms with E-state index in [0.29, 0.717) is 0 Å². The van der Waals surface area contributed by atoms with Gasteiger partial charge in [0.25, 0.3) is 5.92 Å². The number of carbonyl (C=O) groups is 2. The number of benzene rings is 1. The number of carbonyl (C=O) groups excluding carboxylic acids is 2. The zero-order valence-corrected chi connectivity index (χ0v) is 14.5. The van der Waals surface area contributed by atoms with Gasteiger partial charge in [0.05, 0.1) is 19.1 Å². The predicted octanol–water partition coefficient (Wildman–Crippen LogP) is 1.71. The molecule has 1 aromatic carbocycles. The lowest BCUT2D eigenvalue weighted by molar-refractivity contribution is -0.137. The Bertz CT molecular complexity index is 599. The van der Waals surface area contributed by atoms with Gasteiger partial charge >= 0.3 is 0 Å². The minimum atomic E-state index is -2.90. The zero-order valence-electron chi connectivity index (χ0n) is 13.7. The molecule has 9 heteroatoms. The van der Waals surface area contributed by atoms with Crippen molar-refractivity contribution in [3.8, 4) is 0 Å². The average Bonchev–Trinajstić information content (AvgIpc) is 2.91. The van der Waals surface area contributed by atoms with Crippen LogP contribution in [0.5, 0.6) is 0 Å². The maximum atomic E-state index is 13.2. The second-order valence-corrected chi connectivity index (χ2v) is 5.75. The van der Waals surface area contributed by atoms with Gasteiger partial charge in [-0.1, -0.05) is 12.1 Å². The lowest BCUT2D eigenvalue weighted by Gasteiger charge is -2.23. The summed E-state index contributed by atoms with van der Waals surface area (Å²) in [6.45, 7) is 1.38. The Morgan fingerprint density at radius 3 is 2.48 bits per heavy atom. The molecular weight excluding hydrogens is 359 g/mol.